The molecule has 3 rings (SSSR count). The van der Waals surface area contributed by atoms with E-state index in [-0.39, 0.29) is 28.6 Å². The second-order valence-electron chi connectivity index (χ2n) is 7.37. The van der Waals surface area contributed by atoms with E-state index in [9.17, 15) is 18.0 Å². The van der Waals surface area contributed by atoms with Crippen molar-refractivity contribution in [1.29, 1.82) is 0 Å². The number of amides is 2. The number of benzene rings is 1. The van der Waals surface area contributed by atoms with Gasteiger partial charge in [-0.05, 0) is 57.0 Å². The van der Waals surface area contributed by atoms with Crippen molar-refractivity contribution >= 4 is 33.5 Å². The molecule has 1 aromatic carbocycles. The van der Waals surface area contributed by atoms with Crippen LogP contribution in [0.25, 0.3) is 0 Å². The van der Waals surface area contributed by atoms with Crippen molar-refractivity contribution < 1.29 is 18.0 Å². The molecule has 1 aliphatic heterocycles. The summed E-state index contributed by atoms with van der Waals surface area (Å²) >= 11 is 0. The van der Waals surface area contributed by atoms with E-state index in [1.54, 1.807) is 36.9 Å². The summed E-state index contributed by atoms with van der Waals surface area (Å²) in [6.07, 6.45) is 1.22. The van der Waals surface area contributed by atoms with Crippen LogP contribution in [0.1, 0.15) is 31.2 Å². The number of piperidine rings is 1. The first kappa shape index (κ1) is 21.7. The van der Waals surface area contributed by atoms with Gasteiger partial charge in [0.2, 0.25) is 17.8 Å². The van der Waals surface area contributed by atoms with Gasteiger partial charge in [-0.15, -0.1) is 0 Å². The smallest absolute Gasteiger partial charge is 0.264 e. The molecule has 1 aliphatic rings. The van der Waals surface area contributed by atoms with Crippen LogP contribution in [-0.4, -0.2) is 48.2 Å². The van der Waals surface area contributed by atoms with Gasteiger partial charge in [0.15, 0.2) is 0 Å². The Kier molecular flexibility index (Phi) is 6.35. The number of hydrogen-bond acceptors (Lipinski definition) is 6. The highest BCUT2D eigenvalue weighted by molar-refractivity contribution is 7.92. The minimum absolute atomic E-state index is 0.0155. The largest absolute Gasteiger partial charge is 0.343 e. The predicted molar refractivity (Wildman–Crippen MR) is 112 cm³/mol. The van der Waals surface area contributed by atoms with Gasteiger partial charge in [0.25, 0.3) is 10.0 Å². The van der Waals surface area contributed by atoms with Crippen molar-refractivity contribution in [3.05, 3.63) is 41.7 Å². The number of aryl methyl sites for hydroxylation is 2. The Morgan fingerprint density at radius 2 is 1.60 bits per heavy atom. The molecule has 1 saturated heterocycles. The number of nitrogens with one attached hydrogen (secondary N) is 2. The molecular weight excluding hydrogens is 406 g/mol. The minimum atomic E-state index is -3.85. The van der Waals surface area contributed by atoms with Gasteiger partial charge in [0.1, 0.15) is 0 Å². The highest BCUT2D eigenvalue weighted by atomic mass is 32.2. The van der Waals surface area contributed by atoms with Crippen molar-refractivity contribution in [2.24, 2.45) is 5.92 Å². The maximum Gasteiger partial charge on any atom is 0.264 e. The van der Waals surface area contributed by atoms with Crippen LogP contribution >= 0.6 is 0 Å². The summed E-state index contributed by atoms with van der Waals surface area (Å²) in [7, 11) is -3.85. The van der Waals surface area contributed by atoms with Crippen LogP contribution in [0.15, 0.2) is 35.2 Å². The van der Waals surface area contributed by atoms with Gasteiger partial charge in [0, 0.05) is 43.0 Å². The van der Waals surface area contributed by atoms with Gasteiger partial charge in [-0.3, -0.25) is 9.59 Å². The van der Waals surface area contributed by atoms with Gasteiger partial charge in [0.05, 0.1) is 4.90 Å². The topological polar surface area (TPSA) is 121 Å². The maximum atomic E-state index is 12.6. The molecule has 160 valence electrons. The van der Waals surface area contributed by atoms with Crippen LogP contribution in [0, 0.1) is 19.8 Å². The van der Waals surface area contributed by atoms with Crippen LogP contribution in [-0.2, 0) is 19.6 Å². The van der Waals surface area contributed by atoms with E-state index < -0.39 is 10.0 Å². The van der Waals surface area contributed by atoms with Crippen molar-refractivity contribution in [3.8, 4) is 0 Å². The Bertz CT molecular complexity index is 1030. The van der Waals surface area contributed by atoms with E-state index in [0.29, 0.717) is 43.0 Å². The zero-order valence-electron chi connectivity index (χ0n) is 17.2. The number of rotatable bonds is 5. The number of hydrogen-bond donors (Lipinski definition) is 2. The Hall–Kier alpha value is -3.01. The third kappa shape index (κ3) is 5.32. The van der Waals surface area contributed by atoms with E-state index >= 15 is 0 Å². The van der Waals surface area contributed by atoms with Crippen LogP contribution in [0.5, 0.6) is 0 Å². The molecule has 0 saturated carbocycles. The highest BCUT2D eigenvalue weighted by Gasteiger charge is 2.26. The quantitative estimate of drug-likeness (QED) is 0.748. The summed E-state index contributed by atoms with van der Waals surface area (Å²) in [5.74, 6) is -0.268. The summed E-state index contributed by atoms with van der Waals surface area (Å²) in [5, 5.41) is 2.82. The first-order valence-electron chi connectivity index (χ1n) is 9.65. The fourth-order valence-corrected chi connectivity index (χ4v) is 4.31. The standard InChI is InChI=1S/C20H25N5O4S/c1-13-12-14(2)22-20(21-13)24-30(28,29)18-6-4-17(5-7-18)23-19(27)16-8-10-25(11-9-16)15(3)26/h4-7,12,16H,8-11H2,1-3H3,(H,23,27)(H,21,22,24). The van der Waals surface area contributed by atoms with Crippen LogP contribution in [0.4, 0.5) is 11.6 Å². The van der Waals surface area contributed by atoms with Crippen molar-refractivity contribution in [2.45, 2.75) is 38.5 Å². The SMILES string of the molecule is CC(=O)N1CCC(C(=O)Nc2ccc(S(=O)(=O)Nc3nc(C)cc(C)n3)cc2)CC1. The molecular formula is C20H25N5O4S. The summed E-state index contributed by atoms with van der Waals surface area (Å²) in [4.78, 5) is 33.8. The summed E-state index contributed by atoms with van der Waals surface area (Å²) in [6.45, 7) is 6.17. The number of sulfonamides is 1. The third-order valence-electron chi connectivity index (χ3n) is 4.95. The van der Waals surface area contributed by atoms with E-state index in [1.807, 2.05) is 0 Å². The Labute approximate surface area is 176 Å². The molecule has 30 heavy (non-hydrogen) atoms. The van der Waals surface area contributed by atoms with Crippen LogP contribution < -0.4 is 10.0 Å². The lowest BCUT2D eigenvalue weighted by Crippen LogP contribution is -2.40. The van der Waals surface area contributed by atoms with Crippen molar-refractivity contribution in [2.75, 3.05) is 23.1 Å². The molecule has 2 N–H and O–H groups in total. The lowest BCUT2D eigenvalue weighted by Gasteiger charge is -2.30. The molecule has 2 amide bonds. The Morgan fingerprint density at radius 3 is 2.13 bits per heavy atom. The zero-order chi connectivity index (χ0) is 21.9. The van der Waals surface area contributed by atoms with E-state index in [0.717, 1.165) is 0 Å². The molecule has 2 heterocycles. The van der Waals surface area contributed by atoms with Crippen LogP contribution in [0.3, 0.4) is 0 Å². The molecule has 0 spiro atoms. The molecule has 0 radical (unpaired) electrons. The second kappa shape index (κ2) is 8.78. The van der Waals surface area contributed by atoms with Gasteiger partial charge in [-0.25, -0.2) is 23.1 Å². The normalized spacial score (nSPS) is 15.0. The summed E-state index contributed by atoms with van der Waals surface area (Å²) < 4.78 is 27.5. The molecule has 0 bridgehead atoms. The third-order valence-corrected chi connectivity index (χ3v) is 6.30. The summed E-state index contributed by atoms with van der Waals surface area (Å²) in [5.41, 5.74) is 1.83. The fraction of sp³-hybridized carbons (Fsp3) is 0.400. The van der Waals surface area contributed by atoms with E-state index in [2.05, 4.69) is 20.0 Å². The van der Waals surface area contributed by atoms with Gasteiger partial charge < -0.3 is 10.2 Å². The Balaban J connectivity index is 1.63. The van der Waals surface area contributed by atoms with Gasteiger partial charge >= 0.3 is 0 Å². The predicted octanol–water partition coefficient (Wildman–Crippen LogP) is 2.09. The number of aromatic nitrogens is 2. The second-order valence-corrected chi connectivity index (χ2v) is 9.06. The van der Waals surface area contributed by atoms with Crippen molar-refractivity contribution in [3.63, 3.8) is 0 Å². The molecule has 2 aromatic rings. The number of carbonyl (C=O) groups excluding carboxylic acids is 2. The van der Waals surface area contributed by atoms with Crippen LogP contribution in [0.2, 0.25) is 0 Å². The molecule has 1 fully saturated rings. The van der Waals surface area contributed by atoms with Crippen molar-refractivity contribution in [1.82, 2.24) is 14.9 Å². The lowest BCUT2D eigenvalue weighted by molar-refractivity contribution is -0.132. The minimum Gasteiger partial charge on any atom is -0.343 e. The van der Waals surface area contributed by atoms with Gasteiger partial charge in [-0.1, -0.05) is 0 Å². The monoisotopic (exact) mass is 431 g/mol. The molecule has 1 aromatic heterocycles. The first-order chi connectivity index (χ1) is 14.1. The molecule has 0 aliphatic carbocycles. The average Bonchev–Trinajstić information content (AvgIpc) is 2.67. The number of nitrogens with zero attached hydrogens (tertiary/aromatic N) is 3. The first-order valence-corrected chi connectivity index (χ1v) is 11.1. The average molecular weight is 432 g/mol. The van der Waals surface area contributed by atoms with E-state index in [4.69, 9.17) is 0 Å². The fourth-order valence-electron chi connectivity index (χ4n) is 3.37. The molecule has 10 heteroatoms. The number of anilines is 2. The Morgan fingerprint density at radius 1 is 1.03 bits per heavy atom. The molecule has 9 nitrogen and oxygen atoms in total. The number of likely N-dealkylation sites (tertiary alicyclic amines) is 1. The molecule has 0 unspecified atom stereocenters. The zero-order valence-corrected chi connectivity index (χ0v) is 18.0. The highest BCUT2D eigenvalue weighted by Crippen LogP contribution is 2.21. The number of carbonyl (C=O) groups is 2. The van der Waals surface area contributed by atoms with Gasteiger partial charge in [-0.2, -0.15) is 0 Å². The lowest BCUT2D eigenvalue weighted by atomic mass is 9.96. The molecule has 0 atom stereocenters. The summed E-state index contributed by atoms with van der Waals surface area (Å²) in [6, 6.07) is 7.66. The maximum absolute atomic E-state index is 12.6. The van der Waals surface area contributed by atoms with E-state index in [1.165, 1.54) is 19.1 Å².